The van der Waals surface area contributed by atoms with E-state index in [-0.39, 0.29) is 23.5 Å². The fourth-order valence-corrected chi connectivity index (χ4v) is 3.79. The van der Waals surface area contributed by atoms with E-state index < -0.39 is 11.6 Å². The first-order valence-electron chi connectivity index (χ1n) is 9.52. The number of unbranched alkanes of at least 4 members (excludes halogenated alkanes) is 2. The summed E-state index contributed by atoms with van der Waals surface area (Å²) in [7, 11) is 0. The molecule has 26 heavy (non-hydrogen) atoms. The molecule has 1 saturated heterocycles. The Morgan fingerprint density at radius 2 is 2.12 bits per heavy atom. The third-order valence-electron chi connectivity index (χ3n) is 5.55. The normalized spacial score (nSPS) is 25.4. The SMILES string of the molecule is CCCCCC(C)C(=O)OC1NCC12CC(=Cc1ccc(F)c(F)c1)C2. The molecule has 2 aliphatic rings. The maximum Gasteiger partial charge on any atom is 0.310 e. The summed E-state index contributed by atoms with van der Waals surface area (Å²) in [6.45, 7) is 4.90. The van der Waals surface area contributed by atoms with Gasteiger partial charge in [0.2, 0.25) is 0 Å². The molecule has 2 atom stereocenters. The van der Waals surface area contributed by atoms with Crippen LogP contribution in [0, 0.1) is 23.0 Å². The van der Waals surface area contributed by atoms with E-state index in [1.807, 2.05) is 13.0 Å². The standard InChI is InChI=1S/C21H27F2NO2/c1-3-4-5-6-14(2)19(25)26-20-21(13-24-20)11-16(12-21)9-15-7-8-17(22)18(23)10-15/h7-10,14,20,24H,3-6,11-13H2,1-2H3. The lowest BCUT2D eigenvalue weighted by molar-refractivity contribution is -0.182. The summed E-state index contributed by atoms with van der Waals surface area (Å²) >= 11 is 0. The average molecular weight is 363 g/mol. The van der Waals surface area contributed by atoms with Gasteiger partial charge in [0.25, 0.3) is 0 Å². The summed E-state index contributed by atoms with van der Waals surface area (Å²) in [6.07, 6.45) is 7.51. The van der Waals surface area contributed by atoms with Crippen LogP contribution < -0.4 is 5.32 Å². The monoisotopic (exact) mass is 363 g/mol. The molecule has 1 aromatic carbocycles. The van der Waals surface area contributed by atoms with Gasteiger partial charge in [0, 0.05) is 12.0 Å². The molecule has 3 nitrogen and oxygen atoms in total. The number of carbonyl (C=O) groups is 1. The van der Waals surface area contributed by atoms with Crippen LogP contribution in [0.2, 0.25) is 0 Å². The van der Waals surface area contributed by atoms with Crippen molar-refractivity contribution in [1.82, 2.24) is 5.32 Å². The summed E-state index contributed by atoms with van der Waals surface area (Å²) in [5.74, 6) is -1.86. The number of hydrogen-bond donors (Lipinski definition) is 1. The fourth-order valence-electron chi connectivity index (χ4n) is 3.79. The highest BCUT2D eigenvalue weighted by Gasteiger charge is 2.55. The quantitative estimate of drug-likeness (QED) is 0.558. The van der Waals surface area contributed by atoms with Gasteiger partial charge in [-0.1, -0.05) is 50.8 Å². The highest BCUT2D eigenvalue weighted by molar-refractivity contribution is 5.72. The molecule has 1 saturated carbocycles. The first-order valence-corrected chi connectivity index (χ1v) is 9.52. The zero-order valence-electron chi connectivity index (χ0n) is 15.5. The van der Waals surface area contributed by atoms with Crippen molar-refractivity contribution in [3.05, 3.63) is 41.0 Å². The van der Waals surface area contributed by atoms with Gasteiger partial charge in [0.15, 0.2) is 17.9 Å². The number of esters is 1. The van der Waals surface area contributed by atoms with E-state index in [0.717, 1.165) is 51.1 Å². The van der Waals surface area contributed by atoms with Gasteiger partial charge >= 0.3 is 5.97 Å². The van der Waals surface area contributed by atoms with Crippen molar-refractivity contribution in [3.63, 3.8) is 0 Å². The van der Waals surface area contributed by atoms with Gasteiger partial charge in [-0.05, 0) is 37.0 Å². The van der Waals surface area contributed by atoms with Gasteiger partial charge in [-0.15, -0.1) is 0 Å². The molecule has 1 spiro atoms. The zero-order valence-corrected chi connectivity index (χ0v) is 15.5. The molecule has 5 heteroatoms. The van der Waals surface area contributed by atoms with E-state index in [4.69, 9.17) is 4.74 Å². The molecule has 1 N–H and O–H groups in total. The third-order valence-corrected chi connectivity index (χ3v) is 5.55. The van der Waals surface area contributed by atoms with Gasteiger partial charge in [-0.25, -0.2) is 8.78 Å². The summed E-state index contributed by atoms with van der Waals surface area (Å²) in [5.41, 5.74) is 1.82. The summed E-state index contributed by atoms with van der Waals surface area (Å²) in [4.78, 5) is 12.3. The lowest BCUT2D eigenvalue weighted by Gasteiger charge is -2.56. The van der Waals surface area contributed by atoms with Crippen LogP contribution in [0.3, 0.4) is 0 Å². The van der Waals surface area contributed by atoms with Crippen LogP contribution in [-0.2, 0) is 9.53 Å². The second-order valence-electron chi connectivity index (χ2n) is 7.79. The van der Waals surface area contributed by atoms with Crippen molar-refractivity contribution in [2.45, 2.75) is 58.6 Å². The molecule has 1 aromatic rings. The zero-order chi connectivity index (χ0) is 18.7. The number of nitrogens with one attached hydrogen (secondary N) is 1. The lowest BCUT2D eigenvalue weighted by atomic mass is 9.60. The molecule has 1 aliphatic carbocycles. The molecule has 2 fully saturated rings. The summed E-state index contributed by atoms with van der Waals surface area (Å²) in [5, 5.41) is 3.21. The van der Waals surface area contributed by atoms with Crippen LogP contribution in [0.1, 0.15) is 57.9 Å². The Morgan fingerprint density at radius 3 is 2.73 bits per heavy atom. The van der Waals surface area contributed by atoms with Gasteiger partial charge in [0.1, 0.15) is 0 Å². The Hall–Kier alpha value is -1.75. The van der Waals surface area contributed by atoms with Crippen molar-refractivity contribution >= 4 is 12.0 Å². The van der Waals surface area contributed by atoms with Crippen LogP contribution in [0.25, 0.3) is 6.08 Å². The first-order chi connectivity index (χ1) is 12.4. The van der Waals surface area contributed by atoms with Crippen molar-refractivity contribution in [2.24, 2.45) is 11.3 Å². The Morgan fingerprint density at radius 1 is 1.35 bits per heavy atom. The maximum absolute atomic E-state index is 13.3. The number of benzene rings is 1. The molecule has 1 aliphatic heterocycles. The molecule has 142 valence electrons. The van der Waals surface area contributed by atoms with Gasteiger partial charge in [-0.3, -0.25) is 10.1 Å². The van der Waals surface area contributed by atoms with E-state index in [2.05, 4.69) is 12.2 Å². The van der Waals surface area contributed by atoms with Crippen molar-refractivity contribution < 1.29 is 18.3 Å². The highest BCUT2D eigenvalue weighted by atomic mass is 19.2. The molecule has 0 radical (unpaired) electrons. The molecule has 0 aromatic heterocycles. The molecule has 3 rings (SSSR count). The van der Waals surface area contributed by atoms with Gasteiger partial charge < -0.3 is 4.74 Å². The minimum absolute atomic E-state index is 0.0246. The van der Waals surface area contributed by atoms with E-state index in [1.54, 1.807) is 6.07 Å². The number of hydrogen-bond acceptors (Lipinski definition) is 3. The van der Waals surface area contributed by atoms with E-state index in [9.17, 15) is 13.6 Å². The Bertz CT molecular complexity index is 693. The number of rotatable bonds is 7. The fraction of sp³-hybridized carbons (Fsp3) is 0.571. The van der Waals surface area contributed by atoms with Crippen LogP contribution in [-0.4, -0.2) is 18.7 Å². The number of carbonyl (C=O) groups excluding carboxylic acids is 1. The maximum atomic E-state index is 13.3. The van der Waals surface area contributed by atoms with Crippen molar-refractivity contribution in [2.75, 3.05) is 6.54 Å². The Kier molecular flexibility index (Phi) is 5.76. The van der Waals surface area contributed by atoms with Crippen LogP contribution in [0.15, 0.2) is 23.8 Å². The Balaban J connectivity index is 1.51. The third kappa shape index (κ3) is 3.98. The topological polar surface area (TPSA) is 38.3 Å². The second kappa shape index (κ2) is 7.87. The molecule has 0 bridgehead atoms. The Labute approximate surface area is 153 Å². The van der Waals surface area contributed by atoms with Crippen LogP contribution in [0.5, 0.6) is 0 Å². The molecule has 2 unspecified atom stereocenters. The summed E-state index contributed by atoms with van der Waals surface area (Å²) < 4.78 is 32.0. The number of ether oxygens (including phenoxy) is 1. The minimum atomic E-state index is -0.833. The van der Waals surface area contributed by atoms with Gasteiger partial charge in [-0.2, -0.15) is 0 Å². The smallest absolute Gasteiger partial charge is 0.310 e. The minimum Gasteiger partial charge on any atom is -0.446 e. The molecule has 0 amide bonds. The lowest BCUT2D eigenvalue weighted by Crippen LogP contribution is -2.67. The average Bonchev–Trinajstić information content (AvgIpc) is 2.57. The molecule has 1 heterocycles. The van der Waals surface area contributed by atoms with Crippen LogP contribution >= 0.6 is 0 Å². The number of halogens is 2. The largest absolute Gasteiger partial charge is 0.446 e. The van der Waals surface area contributed by atoms with Gasteiger partial charge in [0.05, 0.1) is 5.92 Å². The van der Waals surface area contributed by atoms with E-state index in [0.29, 0.717) is 5.56 Å². The van der Waals surface area contributed by atoms with E-state index in [1.165, 1.54) is 11.6 Å². The highest BCUT2D eigenvalue weighted by Crippen LogP contribution is 2.52. The van der Waals surface area contributed by atoms with Crippen molar-refractivity contribution in [3.8, 4) is 0 Å². The molecular weight excluding hydrogens is 336 g/mol. The van der Waals surface area contributed by atoms with Crippen molar-refractivity contribution in [1.29, 1.82) is 0 Å². The second-order valence-corrected chi connectivity index (χ2v) is 7.79. The summed E-state index contributed by atoms with van der Waals surface area (Å²) in [6, 6.07) is 3.93. The number of allylic oxidation sites excluding steroid dienone is 1. The predicted molar refractivity (Wildman–Crippen MR) is 97.2 cm³/mol. The van der Waals surface area contributed by atoms with E-state index >= 15 is 0 Å². The molecular formula is C21H27F2NO2. The first kappa shape index (κ1) is 19.0. The van der Waals surface area contributed by atoms with Crippen LogP contribution in [0.4, 0.5) is 8.78 Å². The predicted octanol–water partition coefficient (Wildman–Crippen LogP) is 4.82.